The molecule has 0 aliphatic carbocycles. The third kappa shape index (κ3) is 5.02. The minimum absolute atomic E-state index is 0.0122. The van der Waals surface area contributed by atoms with Gasteiger partial charge in [-0.25, -0.2) is 0 Å². The van der Waals surface area contributed by atoms with E-state index in [1.807, 2.05) is 0 Å². The maximum Gasteiger partial charge on any atom is 0.311 e. The quantitative estimate of drug-likeness (QED) is 0.556. The second kappa shape index (κ2) is 9.21. The summed E-state index contributed by atoms with van der Waals surface area (Å²) in [5.74, 6) is -1.51. The van der Waals surface area contributed by atoms with Gasteiger partial charge in [0.1, 0.15) is 5.75 Å². The number of rotatable bonds is 7. The van der Waals surface area contributed by atoms with Gasteiger partial charge in [0.2, 0.25) is 5.91 Å². The van der Waals surface area contributed by atoms with E-state index in [-0.39, 0.29) is 24.7 Å². The molecule has 30 heavy (non-hydrogen) atoms. The predicted octanol–water partition coefficient (Wildman–Crippen LogP) is 2.43. The summed E-state index contributed by atoms with van der Waals surface area (Å²) in [6, 6.07) is 13.5. The van der Waals surface area contributed by atoms with Gasteiger partial charge >= 0.3 is 5.97 Å². The van der Waals surface area contributed by atoms with Crippen LogP contribution in [0.5, 0.6) is 5.75 Å². The number of esters is 1. The van der Waals surface area contributed by atoms with Gasteiger partial charge in [0, 0.05) is 36.0 Å². The molecule has 1 fully saturated rings. The zero-order valence-electron chi connectivity index (χ0n) is 16.7. The lowest BCUT2D eigenvalue weighted by atomic mass is 10.1. The molecule has 1 aliphatic heterocycles. The SMILES string of the molecule is COc1cccc(N2C[C@H](C(=O)OCC(=O)Nc3cccc(C(C)=O)c3)CC2=O)c1. The molecule has 1 heterocycles. The number of anilines is 2. The Morgan fingerprint density at radius 3 is 2.63 bits per heavy atom. The van der Waals surface area contributed by atoms with Gasteiger partial charge in [0.25, 0.3) is 5.91 Å². The van der Waals surface area contributed by atoms with Gasteiger partial charge in [0.15, 0.2) is 12.4 Å². The van der Waals surface area contributed by atoms with Crippen molar-refractivity contribution in [1.29, 1.82) is 0 Å². The Bertz CT molecular complexity index is 987. The number of methoxy groups -OCH3 is 1. The Morgan fingerprint density at radius 1 is 1.13 bits per heavy atom. The van der Waals surface area contributed by atoms with Crippen LogP contribution >= 0.6 is 0 Å². The van der Waals surface area contributed by atoms with Crippen molar-refractivity contribution in [2.45, 2.75) is 13.3 Å². The number of Topliss-reactive ketones (excluding diaryl/α,β-unsaturated/α-hetero) is 1. The molecule has 8 nitrogen and oxygen atoms in total. The van der Waals surface area contributed by atoms with Crippen LogP contribution in [0.25, 0.3) is 0 Å². The number of carbonyl (C=O) groups is 4. The summed E-state index contributed by atoms with van der Waals surface area (Å²) in [4.78, 5) is 49.7. The topological polar surface area (TPSA) is 102 Å². The number of carbonyl (C=O) groups excluding carboxylic acids is 4. The average Bonchev–Trinajstić information content (AvgIpc) is 3.14. The molecule has 0 saturated carbocycles. The summed E-state index contributed by atoms with van der Waals surface area (Å²) in [5.41, 5.74) is 1.54. The lowest BCUT2D eigenvalue weighted by Gasteiger charge is -2.17. The first-order valence-corrected chi connectivity index (χ1v) is 9.39. The molecule has 0 bridgehead atoms. The van der Waals surface area contributed by atoms with E-state index < -0.39 is 24.4 Å². The highest BCUT2D eigenvalue weighted by molar-refractivity contribution is 6.00. The van der Waals surface area contributed by atoms with Crippen LogP contribution in [0.2, 0.25) is 0 Å². The first-order chi connectivity index (χ1) is 14.4. The van der Waals surface area contributed by atoms with E-state index in [9.17, 15) is 19.2 Å². The van der Waals surface area contributed by atoms with E-state index in [0.29, 0.717) is 22.7 Å². The number of benzene rings is 2. The highest BCUT2D eigenvalue weighted by Gasteiger charge is 2.36. The van der Waals surface area contributed by atoms with Gasteiger partial charge in [0.05, 0.1) is 13.0 Å². The molecule has 2 aromatic carbocycles. The normalized spacial score (nSPS) is 15.6. The minimum Gasteiger partial charge on any atom is -0.497 e. The minimum atomic E-state index is -0.655. The van der Waals surface area contributed by atoms with Crippen LogP contribution in [-0.2, 0) is 19.1 Å². The summed E-state index contributed by atoms with van der Waals surface area (Å²) < 4.78 is 10.3. The summed E-state index contributed by atoms with van der Waals surface area (Å²) >= 11 is 0. The first-order valence-electron chi connectivity index (χ1n) is 9.39. The number of ether oxygens (including phenoxy) is 2. The summed E-state index contributed by atoms with van der Waals surface area (Å²) in [6.07, 6.45) is 0.0122. The maximum atomic E-state index is 12.3. The van der Waals surface area contributed by atoms with Crippen LogP contribution in [0.15, 0.2) is 48.5 Å². The van der Waals surface area contributed by atoms with Gasteiger partial charge in [-0.15, -0.1) is 0 Å². The van der Waals surface area contributed by atoms with Crippen molar-refractivity contribution >= 4 is 34.9 Å². The molecular formula is C22H22N2O6. The van der Waals surface area contributed by atoms with Crippen molar-refractivity contribution in [1.82, 2.24) is 0 Å². The fourth-order valence-corrected chi connectivity index (χ4v) is 3.16. The van der Waals surface area contributed by atoms with E-state index >= 15 is 0 Å². The van der Waals surface area contributed by atoms with Crippen molar-refractivity contribution in [2.24, 2.45) is 5.92 Å². The van der Waals surface area contributed by atoms with E-state index in [0.717, 1.165) is 0 Å². The molecule has 1 saturated heterocycles. The molecule has 2 amide bonds. The van der Waals surface area contributed by atoms with Crippen molar-refractivity contribution in [3.05, 3.63) is 54.1 Å². The fourth-order valence-electron chi connectivity index (χ4n) is 3.16. The molecule has 3 rings (SSSR count). The van der Waals surface area contributed by atoms with E-state index in [2.05, 4.69) is 5.32 Å². The van der Waals surface area contributed by atoms with Gasteiger partial charge in [-0.3, -0.25) is 19.2 Å². The van der Waals surface area contributed by atoms with E-state index in [4.69, 9.17) is 9.47 Å². The lowest BCUT2D eigenvalue weighted by molar-refractivity contribution is -0.151. The molecule has 0 spiro atoms. The lowest BCUT2D eigenvalue weighted by Crippen LogP contribution is -2.28. The molecule has 1 N–H and O–H groups in total. The summed E-state index contributed by atoms with van der Waals surface area (Å²) in [7, 11) is 1.53. The van der Waals surface area contributed by atoms with Gasteiger partial charge in [-0.2, -0.15) is 0 Å². The van der Waals surface area contributed by atoms with Gasteiger partial charge in [-0.1, -0.05) is 18.2 Å². The van der Waals surface area contributed by atoms with Gasteiger partial charge < -0.3 is 19.7 Å². The average molecular weight is 410 g/mol. The molecule has 0 radical (unpaired) electrons. The Hall–Kier alpha value is -3.68. The third-order valence-electron chi connectivity index (χ3n) is 4.72. The largest absolute Gasteiger partial charge is 0.497 e. The molecule has 1 atom stereocenters. The molecular weight excluding hydrogens is 388 g/mol. The molecule has 8 heteroatoms. The molecule has 2 aromatic rings. The standard InChI is InChI=1S/C22H22N2O6/c1-14(25)15-5-3-6-17(9-15)23-20(26)13-30-22(28)16-10-21(27)24(12-16)18-7-4-8-19(11-18)29-2/h3-9,11,16H,10,12-13H2,1-2H3,(H,23,26)/t16-/m1/s1. The molecule has 1 aliphatic rings. The first kappa shape index (κ1) is 21.0. The smallest absolute Gasteiger partial charge is 0.311 e. The van der Waals surface area contributed by atoms with Crippen LogP contribution in [-0.4, -0.2) is 43.8 Å². The van der Waals surface area contributed by atoms with Crippen LogP contribution < -0.4 is 15.0 Å². The summed E-state index contributed by atoms with van der Waals surface area (Å²) in [5, 5.41) is 2.58. The summed E-state index contributed by atoms with van der Waals surface area (Å²) in [6.45, 7) is 1.13. The van der Waals surface area contributed by atoms with Crippen LogP contribution in [0.3, 0.4) is 0 Å². The Morgan fingerprint density at radius 2 is 1.90 bits per heavy atom. The molecule has 0 unspecified atom stereocenters. The van der Waals surface area contributed by atoms with E-state index in [1.54, 1.807) is 48.5 Å². The number of nitrogens with zero attached hydrogens (tertiary/aromatic N) is 1. The maximum absolute atomic E-state index is 12.3. The van der Waals surface area contributed by atoms with Crippen molar-refractivity contribution in [2.75, 3.05) is 30.5 Å². The van der Waals surface area contributed by atoms with Crippen molar-refractivity contribution in [3.8, 4) is 5.75 Å². The van der Waals surface area contributed by atoms with Crippen molar-refractivity contribution < 1.29 is 28.7 Å². The predicted molar refractivity (Wildman–Crippen MR) is 109 cm³/mol. The molecule has 0 aromatic heterocycles. The highest BCUT2D eigenvalue weighted by Crippen LogP contribution is 2.28. The number of hydrogen-bond donors (Lipinski definition) is 1. The van der Waals surface area contributed by atoms with Crippen LogP contribution in [0, 0.1) is 5.92 Å². The third-order valence-corrected chi connectivity index (χ3v) is 4.72. The monoisotopic (exact) mass is 410 g/mol. The highest BCUT2D eigenvalue weighted by atomic mass is 16.5. The number of hydrogen-bond acceptors (Lipinski definition) is 6. The Labute approximate surface area is 173 Å². The van der Waals surface area contributed by atoms with E-state index in [1.165, 1.54) is 18.9 Å². The second-order valence-electron chi connectivity index (χ2n) is 6.90. The van der Waals surface area contributed by atoms with Gasteiger partial charge in [-0.05, 0) is 31.2 Å². The van der Waals surface area contributed by atoms with Crippen molar-refractivity contribution in [3.63, 3.8) is 0 Å². The number of amides is 2. The number of nitrogens with one attached hydrogen (secondary N) is 1. The zero-order chi connectivity index (χ0) is 21.7. The van der Waals surface area contributed by atoms with Crippen LogP contribution in [0.1, 0.15) is 23.7 Å². The van der Waals surface area contributed by atoms with Crippen LogP contribution in [0.4, 0.5) is 11.4 Å². The fraction of sp³-hybridized carbons (Fsp3) is 0.273. The molecule has 156 valence electrons. The zero-order valence-corrected chi connectivity index (χ0v) is 16.7. The number of ketones is 1. The second-order valence-corrected chi connectivity index (χ2v) is 6.90. The Balaban J connectivity index is 1.53. The Kier molecular flexibility index (Phi) is 6.46.